The predicted octanol–water partition coefficient (Wildman–Crippen LogP) is 4.43. The number of pyridine rings is 1. The number of amides is 1. The van der Waals surface area contributed by atoms with E-state index in [1.807, 2.05) is 12.1 Å². The normalized spacial score (nSPS) is 16.4. The van der Waals surface area contributed by atoms with Gasteiger partial charge in [0.15, 0.2) is 0 Å². The lowest BCUT2D eigenvalue weighted by atomic mass is 10.2. The Kier molecular flexibility index (Phi) is 6.70. The molecule has 154 valence electrons. The summed E-state index contributed by atoms with van der Waals surface area (Å²) < 4.78 is 10.8. The number of unbranched alkanes of at least 4 members (excludes halogenated alkanes) is 1. The van der Waals surface area contributed by atoms with Crippen molar-refractivity contribution in [3.05, 3.63) is 29.8 Å². The van der Waals surface area contributed by atoms with Crippen molar-refractivity contribution in [2.45, 2.75) is 58.3 Å². The van der Waals surface area contributed by atoms with Gasteiger partial charge >= 0.3 is 6.09 Å². The minimum absolute atomic E-state index is 0.243. The summed E-state index contributed by atoms with van der Waals surface area (Å²) in [4.78, 5) is 22.9. The molecule has 1 fully saturated rings. The summed E-state index contributed by atoms with van der Waals surface area (Å²) in [6.07, 6.45) is 4.92. The van der Waals surface area contributed by atoms with E-state index in [1.54, 1.807) is 11.1 Å². The van der Waals surface area contributed by atoms with Crippen LogP contribution in [0.5, 0.6) is 0 Å². The number of nitrogens with zero attached hydrogens (tertiary/aromatic N) is 4. The maximum absolute atomic E-state index is 12.3. The number of hydrogen-bond donors (Lipinski definition) is 0. The first kappa shape index (κ1) is 21.1. The highest BCUT2D eigenvalue weighted by atomic mass is 28.3. The van der Waals surface area contributed by atoms with Crippen molar-refractivity contribution < 1.29 is 14.1 Å². The van der Waals surface area contributed by atoms with Crippen LogP contribution in [0.1, 0.15) is 50.1 Å². The third-order valence-corrected chi connectivity index (χ3v) is 5.39. The Bertz CT molecular complexity index is 893. The van der Waals surface area contributed by atoms with Gasteiger partial charge in [-0.05, 0) is 31.4 Å². The zero-order chi connectivity index (χ0) is 20.9. The van der Waals surface area contributed by atoms with Crippen LogP contribution >= 0.6 is 0 Å². The first-order valence-electron chi connectivity index (χ1n) is 10.1. The average molecular weight is 413 g/mol. The molecule has 1 saturated heterocycles. The minimum Gasteiger partial charge on any atom is -0.449 e. The Morgan fingerprint density at radius 2 is 2.21 bits per heavy atom. The van der Waals surface area contributed by atoms with Crippen molar-refractivity contribution in [1.29, 1.82) is 0 Å². The van der Waals surface area contributed by atoms with Crippen LogP contribution in [0.4, 0.5) is 4.79 Å². The van der Waals surface area contributed by atoms with Gasteiger partial charge in [-0.15, -0.1) is 5.54 Å². The summed E-state index contributed by atoms with van der Waals surface area (Å²) in [7, 11) is -1.43. The molecule has 0 saturated carbocycles. The monoisotopic (exact) mass is 412 g/mol. The summed E-state index contributed by atoms with van der Waals surface area (Å²) in [5, 5.41) is 4.06. The van der Waals surface area contributed by atoms with E-state index < -0.39 is 8.07 Å². The van der Waals surface area contributed by atoms with Gasteiger partial charge in [0.1, 0.15) is 19.8 Å². The molecule has 1 atom stereocenters. The lowest BCUT2D eigenvalue weighted by molar-refractivity contribution is 0.0911. The fraction of sp³-hybridized carbons (Fsp3) is 0.524. The van der Waals surface area contributed by atoms with Crippen molar-refractivity contribution in [1.82, 2.24) is 20.0 Å². The van der Waals surface area contributed by atoms with Crippen molar-refractivity contribution in [2.24, 2.45) is 0 Å². The zero-order valence-electron chi connectivity index (χ0n) is 17.6. The molecule has 0 bridgehead atoms. The highest BCUT2D eigenvalue weighted by Gasteiger charge is 2.35. The van der Waals surface area contributed by atoms with Crippen LogP contribution in [-0.4, -0.2) is 47.3 Å². The van der Waals surface area contributed by atoms with E-state index in [0.29, 0.717) is 30.6 Å². The Balaban J connectivity index is 1.69. The molecule has 1 unspecified atom stereocenters. The van der Waals surface area contributed by atoms with Gasteiger partial charge in [-0.2, -0.15) is 4.98 Å². The standard InChI is InChI=1S/C21H28N4O3Si/c1-5-6-13-27-21(26)25-12-7-8-18(25)20-23-19(24-28-20)17-10-9-16(15-22-17)11-14-29(2,3)4/h9-10,15,18H,5-8,12-13H2,1-4H3. The Labute approximate surface area is 172 Å². The lowest BCUT2D eigenvalue weighted by Gasteiger charge is -2.21. The molecule has 2 aromatic rings. The van der Waals surface area contributed by atoms with E-state index in [9.17, 15) is 4.79 Å². The molecule has 0 aliphatic carbocycles. The molecule has 3 rings (SSSR count). The third kappa shape index (κ3) is 5.67. The molecule has 29 heavy (non-hydrogen) atoms. The number of rotatable bonds is 5. The Morgan fingerprint density at radius 1 is 1.38 bits per heavy atom. The van der Waals surface area contributed by atoms with E-state index >= 15 is 0 Å². The topological polar surface area (TPSA) is 81.4 Å². The van der Waals surface area contributed by atoms with Gasteiger partial charge in [-0.3, -0.25) is 9.88 Å². The molecule has 1 amide bonds. The summed E-state index contributed by atoms with van der Waals surface area (Å²) in [5.41, 5.74) is 4.81. The smallest absolute Gasteiger partial charge is 0.410 e. The summed E-state index contributed by atoms with van der Waals surface area (Å²) in [5.74, 6) is 4.02. The van der Waals surface area contributed by atoms with Crippen molar-refractivity contribution in [3.63, 3.8) is 0 Å². The van der Waals surface area contributed by atoms with E-state index in [-0.39, 0.29) is 12.1 Å². The van der Waals surface area contributed by atoms with E-state index in [2.05, 4.69) is 53.2 Å². The van der Waals surface area contributed by atoms with Crippen LogP contribution in [-0.2, 0) is 4.74 Å². The average Bonchev–Trinajstić information content (AvgIpc) is 3.35. The molecule has 0 spiro atoms. The molecule has 0 N–H and O–H groups in total. The molecule has 1 aliphatic rings. The number of aromatic nitrogens is 3. The van der Waals surface area contributed by atoms with Crippen molar-refractivity contribution >= 4 is 14.2 Å². The second-order valence-electron chi connectivity index (χ2n) is 8.21. The van der Waals surface area contributed by atoms with Gasteiger partial charge in [-0.1, -0.05) is 44.1 Å². The quantitative estimate of drug-likeness (QED) is 0.410. The summed E-state index contributed by atoms with van der Waals surface area (Å²) in [6, 6.07) is 3.51. The fourth-order valence-electron chi connectivity index (χ4n) is 2.96. The molecular weight excluding hydrogens is 384 g/mol. The molecule has 2 aromatic heterocycles. The van der Waals surface area contributed by atoms with Gasteiger partial charge in [0.2, 0.25) is 11.7 Å². The van der Waals surface area contributed by atoms with Crippen LogP contribution in [0, 0.1) is 11.5 Å². The Morgan fingerprint density at radius 3 is 2.90 bits per heavy atom. The molecule has 8 heteroatoms. The largest absolute Gasteiger partial charge is 0.449 e. The zero-order valence-corrected chi connectivity index (χ0v) is 18.6. The second-order valence-corrected chi connectivity index (χ2v) is 13.0. The molecule has 7 nitrogen and oxygen atoms in total. The third-order valence-electron chi connectivity index (χ3n) is 4.51. The van der Waals surface area contributed by atoms with E-state index in [4.69, 9.17) is 9.26 Å². The van der Waals surface area contributed by atoms with Crippen LogP contribution in [0.3, 0.4) is 0 Å². The van der Waals surface area contributed by atoms with Gasteiger partial charge < -0.3 is 9.26 Å². The molecular formula is C21H28N4O3Si. The number of ether oxygens (including phenoxy) is 1. The van der Waals surface area contributed by atoms with Crippen molar-refractivity contribution in [2.75, 3.05) is 13.2 Å². The molecule has 3 heterocycles. The lowest BCUT2D eigenvalue weighted by Crippen LogP contribution is -2.31. The van der Waals surface area contributed by atoms with Gasteiger partial charge in [-0.25, -0.2) is 4.79 Å². The SMILES string of the molecule is CCCCOC(=O)N1CCCC1c1nc(-c2ccc(C#C[Si](C)(C)C)cn2)no1. The van der Waals surface area contributed by atoms with E-state index in [1.165, 1.54) is 0 Å². The number of carbonyl (C=O) groups is 1. The molecule has 0 radical (unpaired) electrons. The first-order chi connectivity index (χ1) is 13.9. The predicted molar refractivity (Wildman–Crippen MR) is 113 cm³/mol. The fourth-order valence-corrected chi connectivity index (χ4v) is 3.48. The van der Waals surface area contributed by atoms with Crippen LogP contribution in [0.15, 0.2) is 22.9 Å². The molecule has 0 aromatic carbocycles. The Hall–Kier alpha value is -2.66. The maximum Gasteiger partial charge on any atom is 0.410 e. The minimum atomic E-state index is -1.43. The summed E-state index contributed by atoms with van der Waals surface area (Å²) in [6.45, 7) is 9.74. The van der Waals surface area contributed by atoms with Crippen LogP contribution in [0.25, 0.3) is 11.5 Å². The highest BCUT2D eigenvalue weighted by Crippen LogP contribution is 2.32. The summed E-state index contributed by atoms with van der Waals surface area (Å²) >= 11 is 0. The van der Waals surface area contributed by atoms with Crippen molar-refractivity contribution in [3.8, 4) is 23.0 Å². The number of likely N-dealkylation sites (tertiary alicyclic amines) is 1. The highest BCUT2D eigenvalue weighted by molar-refractivity contribution is 6.83. The van der Waals surface area contributed by atoms with Crippen LogP contribution in [0.2, 0.25) is 19.6 Å². The van der Waals surface area contributed by atoms with E-state index in [0.717, 1.165) is 31.2 Å². The number of carbonyl (C=O) groups excluding carboxylic acids is 1. The van der Waals surface area contributed by atoms with Gasteiger partial charge in [0, 0.05) is 18.3 Å². The maximum atomic E-state index is 12.3. The van der Waals surface area contributed by atoms with Gasteiger partial charge in [0.05, 0.1) is 6.61 Å². The molecule has 1 aliphatic heterocycles. The second kappa shape index (κ2) is 9.22. The number of hydrogen-bond acceptors (Lipinski definition) is 6. The van der Waals surface area contributed by atoms with Gasteiger partial charge in [0.25, 0.3) is 0 Å². The van der Waals surface area contributed by atoms with Crippen LogP contribution < -0.4 is 0 Å². The first-order valence-corrected chi connectivity index (χ1v) is 13.6.